The number of aryl methyl sites for hydroxylation is 1. The lowest BCUT2D eigenvalue weighted by molar-refractivity contribution is 0.280. The van der Waals surface area contributed by atoms with Crippen LogP contribution < -0.4 is 0 Å². The van der Waals surface area contributed by atoms with Crippen molar-refractivity contribution in [1.29, 1.82) is 0 Å². The molecule has 0 amide bonds. The van der Waals surface area contributed by atoms with Crippen LogP contribution in [0.25, 0.3) is 6.08 Å². The molecule has 24 heavy (non-hydrogen) atoms. The molecular weight excluding hydrogens is 296 g/mol. The molecule has 0 fully saturated rings. The molecule has 2 N–H and O–H groups in total. The molecule has 1 unspecified atom stereocenters. The van der Waals surface area contributed by atoms with E-state index in [-0.39, 0.29) is 12.4 Å². The molecule has 0 spiro atoms. The molecule has 0 aromatic heterocycles. The Balaban J connectivity index is 2.79. The van der Waals surface area contributed by atoms with Gasteiger partial charge in [0.1, 0.15) is 5.75 Å². The van der Waals surface area contributed by atoms with Gasteiger partial charge in [-0.3, -0.25) is 0 Å². The molecule has 0 saturated heterocycles. The predicted molar refractivity (Wildman–Crippen MR) is 104 cm³/mol. The summed E-state index contributed by atoms with van der Waals surface area (Å²) in [5.41, 5.74) is 4.03. The lowest BCUT2D eigenvalue weighted by Crippen LogP contribution is -1.95. The Hall–Kier alpha value is -1.54. The number of aromatic hydroxyl groups is 1. The third kappa shape index (κ3) is 7.35. The van der Waals surface area contributed by atoms with Gasteiger partial charge in [-0.1, -0.05) is 56.6 Å². The summed E-state index contributed by atoms with van der Waals surface area (Å²) in [4.78, 5) is 0. The van der Waals surface area contributed by atoms with Crippen LogP contribution in [-0.4, -0.2) is 10.2 Å². The van der Waals surface area contributed by atoms with Crippen molar-refractivity contribution in [3.8, 4) is 5.75 Å². The van der Waals surface area contributed by atoms with Crippen LogP contribution >= 0.6 is 0 Å². The smallest absolute Gasteiger partial charge is 0.123 e. The highest BCUT2D eigenvalue weighted by Crippen LogP contribution is 2.27. The third-order valence-corrected chi connectivity index (χ3v) is 4.31. The first-order valence-corrected chi connectivity index (χ1v) is 9.25. The molecule has 2 nitrogen and oxygen atoms in total. The van der Waals surface area contributed by atoms with Crippen molar-refractivity contribution in [2.45, 2.75) is 72.8 Å². The van der Waals surface area contributed by atoms with Crippen LogP contribution in [0.5, 0.6) is 5.75 Å². The number of hydrogen-bond acceptors (Lipinski definition) is 2. The van der Waals surface area contributed by atoms with Crippen molar-refractivity contribution in [1.82, 2.24) is 0 Å². The topological polar surface area (TPSA) is 40.5 Å². The fourth-order valence-electron chi connectivity index (χ4n) is 2.80. The van der Waals surface area contributed by atoms with E-state index in [4.69, 9.17) is 0 Å². The lowest BCUT2D eigenvalue weighted by Gasteiger charge is -2.11. The summed E-state index contributed by atoms with van der Waals surface area (Å²) in [5, 5.41) is 20.0. The SMILES string of the molecule is CCCCCc1cc(O)c(/C=C/C(C)CCC=C(C)C)c(CO)c1. The predicted octanol–water partition coefficient (Wildman–Crippen LogP) is 6.01. The number of aliphatic hydroxyl groups excluding tert-OH is 1. The Kier molecular flexibility index (Phi) is 9.48. The zero-order valence-corrected chi connectivity index (χ0v) is 15.8. The summed E-state index contributed by atoms with van der Waals surface area (Å²) >= 11 is 0. The van der Waals surface area contributed by atoms with Crippen molar-refractivity contribution in [3.63, 3.8) is 0 Å². The molecule has 2 heteroatoms. The summed E-state index contributed by atoms with van der Waals surface area (Å²) in [5.74, 6) is 0.719. The maximum atomic E-state index is 10.3. The van der Waals surface area contributed by atoms with Gasteiger partial charge in [0.25, 0.3) is 0 Å². The molecular formula is C22H34O2. The minimum atomic E-state index is -0.0407. The number of benzene rings is 1. The number of unbranched alkanes of at least 4 members (excludes halogenated alkanes) is 2. The Morgan fingerprint density at radius 3 is 2.58 bits per heavy atom. The highest BCUT2D eigenvalue weighted by Gasteiger charge is 2.08. The largest absolute Gasteiger partial charge is 0.507 e. The van der Waals surface area contributed by atoms with E-state index in [9.17, 15) is 10.2 Å². The monoisotopic (exact) mass is 330 g/mol. The van der Waals surface area contributed by atoms with Gasteiger partial charge in [0.2, 0.25) is 0 Å². The lowest BCUT2D eigenvalue weighted by atomic mass is 9.97. The first-order chi connectivity index (χ1) is 11.5. The van der Waals surface area contributed by atoms with Crippen molar-refractivity contribution in [2.75, 3.05) is 0 Å². The van der Waals surface area contributed by atoms with E-state index in [2.05, 4.69) is 39.8 Å². The summed E-state index contributed by atoms with van der Waals surface area (Å²) in [6, 6.07) is 3.88. The second-order valence-corrected chi connectivity index (χ2v) is 7.00. The quantitative estimate of drug-likeness (QED) is 0.407. The van der Waals surface area contributed by atoms with Gasteiger partial charge in [0, 0.05) is 5.56 Å². The molecule has 0 radical (unpaired) electrons. The molecule has 0 saturated carbocycles. The van der Waals surface area contributed by atoms with Crippen LogP contribution in [0.2, 0.25) is 0 Å². The van der Waals surface area contributed by atoms with Crippen LogP contribution in [0.3, 0.4) is 0 Å². The van der Waals surface area contributed by atoms with E-state index >= 15 is 0 Å². The fourth-order valence-corrected chi connectivity index (χ4v) is 2.80. The van der Waals surface area contributed by atoms with Crippen LogP contribution in [0.15, 0.2) is 29.9 Å². The number of phenolic OH excluding ortho intramolecular Hbond substituents is 1. The second kappa shape index (κ2) is 11.1. The minimum Gasteiger partial charge on any atom is -0.507 e. The molecule has 0 aliphatic rings. The zero-order chi connectivity index (χ0) is 17.9. The van der Waals surface area contributed by atoms with Crippen molar-refractivity contribution in [3.05, 3.63) is 46.5 Å². The number of allylic oxidation sites excluding steroid dienone is 3. The van der Waals surface area contributed by atoms with E-state index in [1.807, 2.05) is 18.2 Å². The Morgan fingerprint density at radius 2 is 1.96 bits per heavy atom. The number of rotatable bonds is 10. The standard InChI is InChI=1S/C22H34O2/c1-5-6-7-11-19-14-20(16-23)21(22(24)15-19)13-12-18(4)10-8-9-17(2)3/h9,12-15,18,23-24H,5-8,10-11,16H2,1-4H3/b13-12+. The molecule has 0 heterocycles. The first-order valence-electron chi connectivity index (χ1n) is 9.25. The maximum absolute atomic E-state index is 10.3. The fraction of sp³-hybridized carbons (Fsp3) is 0.545. The minimum absolute atomic E-state index is 0.0407. The molecule has 1 aromatic rings. The molecule has 134 valence electrons. The molecule has 0 aliphatic heterocycles. The summed E-state index contributed by atoms with van der Waals surface area (Å²) in [6.07, 6.45) is 13.0. The van der Waals surface area contributed by atoms with Crippen molar-refractivity contribution < 1.29 is 10.2 Å². The molecule has 0 bridgehead atoms. The number of aliphatic hydroxyl groups is 1. The van der Waals surface area contributed by atoms with Gasteiger partial charge in [-0.2, -0.15) is 0 Å². The number of phenols is 1. The number of hydrogen-bond donors (Lipinski definition) is 2. The molecule has 0 aliphatic carbocycles. The van der Waals surface area contributed by atoms with Gasteiger partial charge in [-0.05, 0) is 62.6 Å². The van der Waals surface area contributed by atoms with E-state index in [1.165, 1.54) is 18.4 Å². The van der Waals surface area contributed by atoms with Gasteiger partial charge in [0.05, 0.1) is 6.61 Å². The van der Waals surface area contributed by atoms with Crippen LogP contribution in [-0.2, 0) is 13.0 Å². The van der Waals surface area contributed by atoms with E-state index in [0.29, 0.717) is 5.92 Å². The van der Waals surface area contributed by atoms with Gasteiger partial charge >= 0.3 is 0 Å². The van der Waals surface area contributed by atoms with Crippen molar-refractivity contribution in [2.24, 2.45) is 5.92 Å². The van der Waals surface area contributed by atoms with Gasteiger partial charge in [-0.25, -0.2) is 0 Å². The van der Waals surface area contributed by atoms with Gasteiger partial charge < -0.3 is 10.2 Å². The van der Waals surface area contributed by atoms with E-state index < -0.39 is 0 Å². The molecule has 1 aromatic carbocycles. The van der Waals surface area contributed by atoms with Crippen molar-refractivity contribution >= 4 is 6.08 Å². The maximum Gasteiger partial charge on any atom is 0.123 e. The first kappa shape index (κ1) is 20.5. The highest BCUT2D eigenvalue weighted by molar-refractivity contribution is 5.62. The van der Waals surface area contributed by atoms with Gasteiger partial charge in [-0.15, -0.1) is 0 Å². The Morgan fingerprint density at radius 1 is 1.21 bits per heavy atom. The Bertz CT molecular complexity index is 551. The third-order valence-electron chi connectivity index (χ3n) is 4.31. The summed E-state index contributed by atoms with van der Waals surface area (Å²) < 4.78 is 0. The van der Waals surface area contributed by atoms with E-state index in [1.54, 1.807) is 0 Å². The summed E-state index contributed by atoms with van der Waals surface area (Å²) in [7, 11) is 0. The van der Waals surface area contributed by atoms with E-state index in [0.717, 1.165) is 42.4 Å². The normalized spacial score (nSPS) is 12.5. The average Bonchev–Trinajstić information content (AvgIpc) is 2.53. The Labute approximate surface area is 147 Å². The average molecular weight is 331 g/mol. The van der Waals surface area contributed by atoms with Crippen LogP contribution in [0, 0.1) is 5.92 Å². The highest BCUT2D eigenvalue weighted by atomic mass is 16.3. The zero-order valence-electron chi connectivity index (χ0n) is 15.8. The van der Waals surface area contributed by atoms with Crippen LogP contribution in [0.1, 0.15) is 76.5 Å². The van der Waals surface area contributed by atoms with Crippen LogP contribution in [0.4, 0.5) is 0 Å². The molecule has 1 atom stereocenters. The summed E-state index contributed by atoms with van der Waals surface area (Å²) in [6.45, 7) is 8.57. The molecule has 1 rings (SSSR count). The second-order valence-electron chi connectivity index (χ2n) is 7.00. The van der Waals surface area contributed by atoms with Gasteiger partial charge in [0.15, 0.2) is 0 Å².